The van der Waals surface area contributed by atoms with Gasteiger partial charge in [0, 0.05) is 21.3 Å². The number of rotatable bonds is 4. The van der Waals surface area contributed by atoms with E-state index in [4.69, 9.17) is 4.74 Å². The second-order valence-corrected chi connectivity index (χ2v) is 6.01. The average Bonchev–Trinajstić information content (AvgIpc) is 2.75. The van der Waals surface area contributed by atoms with Crippen molar-refractivity contribution in [3.8, 4) is 5.75 Å². The molecule has 1 aromatic carbocycles. The van der Waals surface area contributed by atoms with E-state index in [1.54, 1.807) is 18.4 Å². The molecular formula is C14H15BrO2S. The van der Waals surface area contributed by atoms with Crippen molar-refractivity contribution >= 4 is 27.3 Å². The molecule has 0 amide bonds. The van der Waals surface area contributed by atoms with Gasteiger partial charge in [-0.2, -0.15) is 0 Å². The molecule has 1 heterocycles. The third-order valence-corrected chi connectivity index (χ3v) is 4.76. The van der Waals surface area contributed by atoms with Gasteiger partial charge in [0.1, 0.15) is 5.75 Å². The molecule has 4 heteroatoms. The fourth-order valence-electron chi connectivity index (χ4n) is 1.87. The molecular weight excluding hydrogens is 312 g/mol. The van der Waals surface area contributed by atoms with Crippen LogP contribution in [0.15, 0.2) is 34.1 Å². The number of aryl methyl sites for hydroxylation is 1. The Bertz CT molecular complexity index is 536. The Hall–Kier alpha value is -0.840. The Morgan fingerprint density at radius 3 is 2.78 bits per heavy atom. The summed E-state index contributed by atoms with van der Waals surface area (Å²) in [6.07, 6.45) is 0.0488. The van der Waals surface area contributed by atoms with Crippen molar-refractivity contribution in [2.75, 3.05) is 7.11 Å². The lowest BCUT2D eigenvalue weighted by Crippen LogP contribution is -2.04. The third kappa shape index (κ3) is 2.94. The number of methoxy groups -OCH3 is 1. The van der Waals surface area contributed by atoms with E-state index in [9.17, 15) is 5.11 Å². The number of ether oxygens (including phenoxy) is 1. The quantitative estimate of drug-likeness (QED) is 0.916. The predicted molar refractivity (Wildman–Crippen MR) is 78.4 cm³/mol. The Balaban J connectivity index is 2.25. The zero-order valence-corrected chi connectivity index (χ0v) is 12.7. The molecule has 1 N–H and O–H groups in total. The maximum absolute atomic E-state index is 10.4. The molecule has 0 aliphatic carbocycles. The van der Waals surface area contributed by atoms with Crippen molar-refractivity contribution in [3.63, 3.8) is 0 Å². The van der Waals surface area contributed by atoms with Crippen LogP contribution in [0.2, 0.25) is 0 Å². The second kappa shape index (κ2) is 5.87. The maximum atomic E-state index is 10.4. The summed E-state index contributed by atoms with van der Waals surface area (Å²) in [4.78, 5) is 1.14. The van der Waals surface area contributed by atoms with Gasteiger partial charge in [0.2, 0.25) is 0 Å². The summed E-state index contributed by atoms with van der Waals surface area (Å²) in [5.41, 5.74) is 1.97. The average molecular weight is 327 g/mol. The number of hydrogen-bond acceptors (Lipinski definition) is 3. The van der Waals surface area contributed by atoms with Gasteiger partial charge in [-0.05, 0) is 46.4 Å². The van der Waals surface area contributed by atoms with Crippen LogP contribution in [0.25, 0.3) is 0 Å². The monoisotopic (exact) mass is 326 g/mol. The summed E-state index contributed by atoms with van der Waals surface area (Å²) in [6, 6.07) is 7.86. The molecule has 2 rings (SSSR count). The van der Waals surface area contributed by atoms with Crippen LogP contribution in [0.3, 0.4) is 0 Å². The van der Waals surface area contributed by atoms with Crippen LogP contribution in [-0.4, -0.2) is 12.2 Å². The van der Waals surface area contributed by atoms with Gasteiger partial charge in [0.15, 0.2) is 0 Å². The molecule has 96 valence electrons. The predicted octanol–water partition coefficient (Wildman–Crippen LogP) is 4.10. The highest BCUT2D eigenvalue weighted by Crippen LogP contribution is 2.32. The molecule has 1 aromatic heterocycles. The van der Waals surface area contributed by atoms with Crippen LogP contribution in [-0.2, 0) is 6.42 Å². The van der Waals surface area contributed by atoms with E-state index in [1.807, 2.05) is 36.6 Å². The first-order valence-corrected chi connectivity index (χ1v) is 7.33. The Morgan fingerprint density at radius 1 is 1.39 bits per heavy atom. The zero-order valence-electron chi connectivity index (χ0n) is 10.3. The lowest BCUT2D eigenvalue weighted by Gasteiger charge is -2.15. The van der Waals surface area contributed by atoms with Crippen molar-refractivity contribution in [1.29, 1.82) is 0 Å². The summed E-state index contributed by atoms with van der Waals surface area (Å²) in [5.74, 6) is 0.737. The summed E-state index contributed by atoms with van der Waals surface area (Å²) in [6.45, 7) is 2.01. The lowest BCUT2D eigenvalue weighted by atomic mass is 10.0. The van der Waals surface area contributed by atoms with Crippen molar-refractivity contribution < 1.29 is 9.84 Å². The van der Waals surface area contributed by atoms with E-state index in [1.165, 1.54) is 0 Å². The Morgan fingerprint density at radius 2 is 2.17 bits per heavy atom. The van der Waals surface area contributed by atoms with Gasteiger partial charge in [-0.25, -0.2) is 0 Å². The van der Waals surface area contributed by atoms with E-state index < -0.39 is 6.10 Å². The van der Waals surface area contributed by atoms with E-state index in [0.717, 1.165) is 26.2 Å². The molecule has 0 radical (unpaired) electrons. The highest BCUT2D eigenvalue weighted by Gasteiger charge is 2.16. The highest BCUT2D eigenvalue weighted by atomic mass is 79.9. The van der Waals surface area contributed by atoms with E-state index in [2.05, 4.69) is 15.9 Å². The van der Waals surface area contributed by atoms with Gasteiger partial charge in [0.25, 0.3) is 0 Å². The largest absolute Gasteiger partial charge is 0.496 e. The van der Waals surface area contributed by atoms with Crippen molar-refractivity contribution in [3.05, 3.63) is 50.1 Å². The number of halogens is 1. The van der Waals surface area contributed by atoms with Crippen LogP contribution in [0.1, 0.15) is 22.1 Å². The fraction of sp³-hybridized carbons (Fsp3) is 0.286. The van der Waals surface area contributed by atoms with Crippen molar-refractivity contribution in [1.82, 2.24) is 0 Å². The van der Waals surface area contributed by atoms with E-state index >= 15 is 0 Å². The second-order valence-electron chi connectivity index (χ2n) is 4.16. The molecule has 0 saturated heterocycles. The van der Waals surface area contributed by atoms with Gasteiger partial charge >= 0.3 is 0 Å². The smallest absolute Gasteiger partial charge is 0.124 e. The third-order valence-electron chi connectivity index (χ3n) is 2.81. The van der Waals surface area contributed by atoms with Crippen LogP contribution < -0.4 is 4.74 Å². The van der Waals surface area contributed by atoms with Crippen LogP contribution in [0.4, 0.5) is 0 Å². The number of aliphatic hydroxyl groups is 1. The minimum Gasteiger partial charge on any atom is -0.496 e. The summed E-state index contributed by atoms with van der Waals surface area (Å²) in [7, 11) is 1.63. The molecule has 0 saturated carbocycles. The van der Waals surface area contributed by atoms with Gasteiger partial charge in [-0.15, -0.1) is 11.3 Å². The number of hydrogen-bond donors (Lipinski definition) is 1. The lowest BCUT2D eigenvalue weighted by molar-refractivity contribution is 0.174. The maximum Gasteiger partial charge on any atom is 0.124 e. The molecule has 18 heavy (non-hydrogen) atoms. The summed E-state index contributed by atoms with van der Waals surface area (Å²) >= 11 is 5.13. The zero-order chi connectivity index (χ0) is 13.1. The SMILES string of the molecule is COc1ccc(C)cc1C(O)Cc1sccc1Br. The molecule has 0 aliphatic heterocycles. The van der Waals surface area contributed by atoms with Crippen molar-refractivity contribution in [2.45, 2.75) is 19.4 Å². The van der Waals surface area contributed by atoms with Crippen molar-refractivity contribution in [2.24, 2.45) is 0 Å². The standard InChI is InChI=1S/C14H15BrO2S/c1-9-3-4-13(17-2)10(7-9)12(16)8-14-11(15)5-6-18-14/h3-7,12,16H,8H2,1-2H3. The van der Waals surface area contributed by atoms with Gasteiger partial charge in [0.05, 0.1) is 13.2 Å². The topological polar surface area (TPSA) is 29.5 Å². The molecule has 0 spiro atoms. The number of thiophene rings is 1. The van der Waals surface area contributed by atoms with Crippen LogP contribution in [0, 0.1) is 6.92 Å². The van der Waals surface area contributed by atoms with Crippen LogP contribution >= 0.6 is 27.3 Å². The molecule has 0 bridgehead atoms. The molecule has 0 aliphatic rings. The normalized spacial score (nSPS) is 12.4. The van der Waals surface area contributed by atoms with E-state index in [-0.39, 0.29) is 0 Å². The summed E-state index contributed by atoms with van der Waals surface area (Å²) < 4.78 is 6.36. The molecule has 1 unspecified atom stereocenters. The minimum absolute atomic E-state index is 0.546. The minimum atomic E-state index is -0.546. The first-order chi connectivity index (χ1) is 8.61. The molecule has 1 atom stereocenters. The van der Waals surface area contributed by atoms with Crippen LogP contribution in [0.5, 0.6) is 5.75 Å². The van der Waals surface area contributed by atoms with Gasteiger partial charge in [-0.3, -0.25) is 0 Å². The summed E-state index contributed by atoms with van der Waals surface area (Å²) in [5, 5.41) is 12.4. The number of aliphatic hydroxyl groups excluding tert-OH is 1. The first-order valence-electron chi connectivity index (χ1n) is 5.66. The Kier molecular flexibility index (Phi) is 4.43. The molecule has 2 aromatic rings. The van der Waals surface area contributed by atoms with Gasteiger partial charge in [-0.1, -0.05) is 11.6 Å². The molecule has 0 fully saturated rings. The first kappa shape index (κ1) is 13.6. The van der Waals surface area contributed by atoms with Gasteiger partial charge < -0.3 is 9.84 Å². The molecule has 2 nitrogen and oxygen atoms in total. The number of benzene rings is 1. The highest BCUT2D eigenvalue weighted by molar-refractivity contribution is 9.10. The van der Waals surface area contributed by atoms with E-state index in [0.29, 0.717) is 6.42 Å². The Labute approximate surface area is 119 Å². The fourth-order valence-corrected chi connectivity index (χ4v) is 3.42.